The largest absolute Gasteiger partial charge is 0.245 e. The second kappa shape index (κ2) is 4.84. The van der Waals surface area contributed by atoms with E-state index in [0.717, 1.165) is 10.6 Å². The Balaban J connectivity index is 2.91. The zero-order valence-corrected chi connectivity index (χ0v) is 11.5. The van der Waals surface area contributed by atoms with Crippen LogP contribution in [0.5, 0.6) is 0 Å². The first-order valence-corrected chi connectivity index (χ1v) is 7.81. The van der Waals surface area contributed by atoms with Crippen LogP contribution in [0.25, 0.3) is 0 Å². The Hall–Kier alpha value is -0.0700. The van der Waals surface area contributed by atoms with Gasteiger partial charge in [0.05, 0.1) is 10.9 Å². The number of thiazole rings is 1. The van der Waals surface area contributed by atoms with Gasteiger partial charge in [0.15, 0.2) is 9.84 Å². The molecule has 0 fully saturated rings. The predicted octanol–water partition coefficient (Wildman–Crippen LogP) is 2.20. The van der Waals surface area contributed by atoms with Gasteiger partial charge in [-0.25, -0.2) is 13.4 Å². The zero-order valence-electron chi connectivity index (χ0n) is 9.02. The Bertz CT molecular complexity index is 434. The fourth-order valence-corrected chi connectivity index (χ4v) is 3.65. The summed E-state index contributed by atoms with van der Waals surface area (Å²) in [5.74, 6) is 0.662. The van der Waals surface area contributed by atoms with Crippen LogP contribution in [0.1, 0.15) is 29.4 Å². The molecule has 0 spiro atoms. The van der Waals surface area contributed by atoms with E-state index in [1.165, 1.54) is 11.3 Å². The summed E-state index contributed by atoms with van der Waals surface area (Å²) in [6, 6.07) is 0. The molecule has 15 heavy (non-hydrogen) atoms. The SMILES string of the molecule is Cc1nc(CS(=O)(=O)C(C)C)sc1CS. The number of sulfone groups is 1. The maximum atomic E-state index is 11.7. The van der Waals surface area contributed by atoms with Crippen molar-refractivity contribution in [2.75, 3.05) is 0 Å². The molecule has 6 heteroatoms. The summed E-state index contributed by atoms with van der Waals surface area (Å²) in [6.45, 7) is 5.26. The third-order valence-corrected chi connectivity index (χ3v) is 6.11. The van der Waals surface area contributed by atoms with Gasteiger partial charge in [0, 0.05) is 10.6 Å². The minimum absolute atomic E-state index is 0.0456. The number of aryl methyl sites for hydroxylation is 1. The van der Waals surface area contributed by atoms with Gasteiger partial charge >= 0.3 is 0 Å². The molecule has 1 rings (SSSR count). The molecule has 3 nitrogen and oxygen atoms in total. The Morgan fingerprint density at radius 3 is 2.47 bits per heavy atom. The van der Waals surface area contributed by atoms with E-state index in [1.807, 2.05) is 6.92 Å². The van der Waals surface area contributed by atoms with Gasteiger partial charge in [0.1, 0.15) is 10.8 Å². The fourth-order valence-electron chi connectivity index (χ4n) is 1.04. The first-order valence-electron chi connectivity index (χ1n) is 4.64. The average Bonchev–Trinajstić information content (AvgIpc) is 2.44. The summed E-state index contributed by atoms with van der Waals surface area (Å²) in [6.07, 6.45) is 0. The number of aromatic nitrogens is 1. The Morgan fingerprint density at radius 1 is 1.47 bits per heavy atom. The molecule has 1 aromatic rings. The van der Waals surface area contributed by atoms with Crippen LogP contribution in [0.2, 0.25) is 0 Å². The van der Waals surface area contributed by atoms with Gasteiger partial charge in [0.25, 0.3) is 0 Å². The molecular formula is C9H15NO2S3. The lowest BCUT2D eigenvalue weighted by molar-refractivity contribution is 0.586. The highest BCUT2D eigenvalue weighted by Gasteiger charge is 2.19. The molecular weight excluding hydrogens is 250 g/mol. The van der Waals surface area contributed by atoms with Crippen LogP contribution >= 0.6 is 24.0 Å². The molecule has 0 saturated carbocycles. The monoisotopic (exact) mass is 265 g/mol. The van der Waals surface area contributed by atoms with E-state index < -0.39 is 9.84 Å². The van der Waals surface area contributed by atoms with E-state index in [1.54, 1.807) is 13.8 Å². The molecule has 1 aromatic heterocycles. The molecule has 0 amide bonds. The first kappa shape index (κ1) is 13.0. The molecule has 0 aromatic carbocycles. The maximum absolute atomic E-state index is 11.7. The van der Waals surface area contributed by atoms with Gasteiger partial charge in [-0.3, -0.25) is 0 Å². The Kier molecular flexibility index (Phi) is 4.20. The van der Waals surface area contributed by atoms with Gasteiger partial charge in [-0.05, 0) is 20.8 Å². The van der Waals surface area contributed by atoms with Gasteiger partial charge in [0.2, 0.25) is 0 Å². The summed E-state index contributed by atoms with van der Waals surface area (Å²) >= 11 is 5.60. The highest BCUT2D eigenvalue weighted by Crippen LogP contribution is 2.22. The van der Waals surface area contributed by atoms with E-state index >= 15 is 0 Å². The summed E-state index contributed by atoms with van der Waals surface area (Å²) in [4.78, 5) is 5.29. The van der Waals surface area contributed by atoms with Crippen molar-refractivity contribution in [3.8, 4) is 0 Å². The number of thiol groups is 1. The lowest BCUT2D eigenvalue weighted by Crippen LogP contribution is -2.15. The van der Waals surface area contributed by atoms with Crippen molar-refractivity contribution < 1.29 is 8.42 Å². The van der Waals surface area contributed by atoms with E-state index in [-0.39, 0.29) is 11.0 Å². The zero-order chi connectivity index (χ0) is 11.6. The molecule has 86 valence electrons. The van der Waals surface area contributed by atoms with Crippen molar-refractivity contribution in [3.05, 3.63) is 15.6 Å². The second-order valence-electron chi connectivity index (χ2n) is 3.63. The smallest absolute Gasteiger partial charge is 0.159 e. The number of nitrogens with zero attached hydrogens (tertiary/aromatic N) is 1. The van der Waals surface area contributed by atoms with Gasteiger partial charge < -0.3 is 0 Å². The molecule has 0 unspecified atom stereocenters. The lowest BCUT2D eigenvalue weighted by atomic mass is 10.4. The van der Waals surface area contributed by atoms with Gasteiger partial charge in [-0.15, -0.1) is 11.3 Å². The van der Waals surface area contributed by atoms with Crippen molar-refractivity contribution in [1.82, 2.24) is 4.98 Å². The molecule has 0 bridgehead atoms. The van der Waals surface area contributed by atoms with Crippen molar-refractivity contribution in [1.29, 1.82) is 0 Å². The van der Waals surface area contributed by atoms with Crippen molar-refractivity contribution in [2.45, 2.75) is 37.5 Å². The van der Waals surface area contributed by atoms with Crippen LogP contribution in [0, 0.1) is 6.92 Å². The maximum Gasteiger partial charge on any atom is 0.159 e. The summed E-state index contributed by atoms with van der Waals surface area (Å²) < 4.78 is 23.3. The molecule has 0 aliphatic rings. The van der Waals surface area contributed by atoms with E-state index in [9.17, 15) is 8.42 Å². The van der Waals surface area contributed by atoms with Gasteiger partial charge in [-0.1, -0.05) is 0 Å². The topological polar surface area (TPSA) is 47.0 Å². The second-order valence-corrected chi connectivity index (χ2v) is 7.67. The first-order chi connectivity index (χ1) is 6.86. The third-order valence-electron chi connectivity index (χ3n) is 2.12. The van der Waals surface area contributed by atoms with Crippen molar-refractivity contribution >= 4 is 33.8 Å². The molecule has 0 aliphatic heterocycles. The summed E-state index contributed by atoms with van der Waals surface area (Å²) in [5, 5.41) is 0.325. The quantitative estimate of drug-likeness (QED) is 0.849. The molecule has 1 heterocycles. The highest BCUT2D eigenvalue weighted by atomic mass is 32.2. The summed E-state index contributed by atoms with van der Waals surface area (Å²) in [7, 11) is -3.04. The Labute approximate surface area is 100 Å². The number of hydrogen-bond donors (Lipinski definition) is 1. The average molecular weight is 265 g/mol. The minimum atomic E-state index is -3.04. The van der Waals surface area contributed by atoms with E-state index in [2.05, 4.69) is 17.6 Å². The third kappa shape index (κ3) is 3.19. The molecule has 0 radical (unpaired) electrons. The van der Waals surface area contributed by atoms with Crippen molar-refractivity contribution in [3.63, 3.8) is 0 Å². The molecule has 0 N–H and O–H groups in total. The van der Waals surface area contributed by atoms with Crippen LogP contribution < -0.4 is 0 Å². The van der Waals surface area contributed by atoms with Crippen molar-refractivity contribution in [2.24, 2.45) is 0 Å². The van der Waals surface area contributed by atoms with Crippen LogP contribution in [0.3, 0.4) is 0 Å². The van der Waals surface area contributed by atoms with Crippen LogP contribution in [-0.4, -0.2) is 18.7 Å². The Morgan fingerprint density at radius 2 is 2.07 bits per heavy atom. The highest BCUT2D eigenvalue weighted by molar-refractivity contribution is 7.91. The molecule has 0 saturated heterocycles. The molecule has 0 atom stereocenters. The lowest BCUT2D eigenvalue weighted by Gasteiger charge is -2.04. The van der Waals surface area contributed by atoms with Crippen LogP contribution in [-0.2, 0) is 21.3 Å². The normalized spacial score (nSPS) is 12.3. The minimum Gasteiger partial charge on any atom is -0.245 e. The summed E-state index contributed by atoms with van der Waals surface area (Å²) in [5.41, 5.74) is 0.893. The van der Waals surface area contributed by atoms with E-state index in [4.69, 9.17) is 0 Å². The van der Waals surface area contributed by atoms with Crippen LogP contribution in [0.4, 0.5) is 0 Å². The molecule has 0 aliphatic carbocycles. The fraction of sp³-hybridized carbons (Fsp3) is 0.667. The van der Waals surface area contributed by atoms with E-state index in [0.29, 0.717) is 10.8 Å². The van der Waals surface area contributed by atoms with Crippen LogP contribution in [0.15, 0.2) is 0 Å². The standard InChI is InChI=1S/C9H15NO2S3/c1-6(2)15(11,12)5-9-10-7(3)8(4-13)14-9/h6,13H,4-5H2,1-3H3. The predicted molar refractivity (Wildman–Crippen MR) is 67.3 cm³/mol. The number of hydrogen-bond acceptors (Lipinski definition) is 5. The number of rotatable bonds is 4. The van der Waals surface area contributed by atoms with Gasteiger partial charge in [-0.2, -0.15) is 12.6 Å².